The van der Waals surface area contributed by atoms with Gasteiger partial charge in [-0.15, -0.1) is 0 Å². The van der Waals surface area contributed by atoms with Crippen molar-refractivity contribution in [3.8, 4) is 0 Å². The monoisotopic (exact) mass is 236 g/mol. The van der Waals surface area contributed by atoms with Gasteiger partial charge in [-0.2, -0.15) is 0 Å². The average Bonchev–Trinajstić information content (AvgIpc) is 2.77. The molecule has 0 N–H and O–H groups in total. The molecule has 1 aliphatic rings. The Bertz CT molecular complexity index is 461. The molecule has 0 radical (unpaired) electrons. The summed E-state index contributed by atoms with van der Waals surface area (Å²) >= 11 is 0. The van der Waals surface area contributed by atoms with Gasteiger partial charge in [0.25, 0.3) is 5.91 Å². The van der Waals surface area contributed by atoms with Crippen LogP contribution >= 0.6 is 0 Å². The van der Waals surface area contributed by atoms with Gasteiger partial charge in [0.05, 0.1) is 17.6 Å². The Hall–Kier alpha value is -1.91. The third-order valence-corrected chi connectivity index (χ3v) is 2.89. The fourth-order valence-electron chi connectivity index (χ4n) is 2.04. The number of amides is 1. The number of nitrogens with zero attached hydrogens (tertiary/aromatic N) is 1. The summed E-state index contributed by atoms with van der Waals surface area (Å²) in [4.78, 5) is 24.0. The highest BCUT2D eigenvalue weighted by Gasteiger charge is 2.31. The third kappa shape index (κ3) is 2.13. The lowest BCUT2D eigenvalue weighted by Gasteiger charge is -2.25. The van der Waals surface area contributed by atoms with E-state index in [0.29, 0.717) is 19.4 Å². The first kappa shape index (κ1) is 11.6. The maximum atomic E-state index is 13.4. The molecule has 5 heteroatoms. The molecule has 1 aromatic carbocycles. The van der Waals surface area contributed by atoms with Gasteiger partial charge in [-0.3, -0.25) is 4.79 Å². The van der Waals surface area contributed by atoms with E-state index in [4.69, 9.17) is 0 Å². The minimum Gasteiger partial charge on any atom is -0.548 e. The van der Waals surface area contributed by atoms with Gasteiger partial charge in [0, 0.05) is 6.54 Å². The Morgan fingerprint density at radius 1 is 1.35 bits per heavy atom. The molecule has 0 spiro atoms. The first-order valence-electron chi connectivity index (χ1n) is 5.37. The Labute approximate surface area is 97.7 Å². The van der Waals surface area contributed by atoms with Crippen LogP contribution in [0.5, 0.6) is 0 Å². The van der Waals surface area contributed by atoms with Crippen molar-refractivity contribution in [3.63, 3.8) is 0 Å². The topological polar surface area (TPSA) is 60.4 Å². The first-order valence-corrected chi connectivity index (χ1v) is 5.37. The quantitative estimate of drug-likeness (QED) is 0.736. The van der Waals surface area contributed by atoms with Crippen molar-refractivity contribution in [1.82, 2.24) is 4.90 Å². The predicted octanol–water partition coefficient (Wildman–Crippen LogP) is 0.180. The minimum atomic E-state index is -1.29. The number of carbonyl (C=O) groups is 2. The highest BCUT2D eigenvalue weighted by atomic mass is 19.1. The summed E-state index contributed by atoms with van der Waals surface area (Å²) in [5, 5.41) is 10.8. The van der Waals surface area contributed by atoms with Crippen molar-refractivity contribution >= 4 is 11.9 Å². The van der Waals surface area contributed by atoms with Crippen LogP contribution < -0.4 is 5.11 Å². The van der Waals surface area contributed by atoms with Crippen LogP contribution in [0.2, 0.25) is 0 Å². The number of likely N-dealkylation sites (tertiary alicyclic amines) is 1. The zero-order valence-electron chi connectivity index (χ0n) is 9.06. The molecule has 0 aromatic heterocycles. The highest BCUT2D eigenvalue weighted by Crippen LogP contribution is 2.20. The molecule has 1 atom stereocenters. The third-order valence-electron chi connectivity index (χ3n) is 2.89. The number of halogens is 1. The molecule has 4 nitrogen and oxygen atoms in total. The van der Waals surface area contributed by atoms with Crippen LogP contribution in [0.4, 0.5) is 4.39 Å². The molecule has 1 fully saturated rings. The number of rotatable bonds is 2. The Kier molecular flexibility index (Phi) is 3.08. The molecule has 1 aromatic rings. The van der Waals surface area contributed by atoms with Crippen molar-refractivity contribution < 1.29 is 19.1 Å². The van der Waals surface area contributed by atoms with Crippen molar-refractivity contribution in [2.24, 2.45) is 0 Å². The van der Waals surface area contributed by atoms with E-state index in [9.17, 15) is 19.1 Å². The van der Waals surface area contributed by atoms with Gasteiger partial charge in [-0.25, -0.2) is 4.39 Å². The average molecular weight is 236 g/mol. The maximum Gasteiger partial charge on any atom is 0.257 e. The normalized spacial score (nSPS) is 19.4. The zero-order valence-corrected chi connectivity index (χ0v) is 9.06. The standard InChI is InChI=1S/C12H12FNO3/c13-9-5-2-1-4-8(9)11(15)14-7-3-6-10(14)12(16)17/h1-2,4-5,10H,3,6-7H2,(H,16,17)/p-1/t10-/m0/s1. The molecular weight excluding hydrogens is 225 g/mol. The van der Waals surface area contributed by atoms with E-state index >= 15 is 0 Å². The van der Waals surface area contributed by atoms with Crippen molar-refractivity contribution in [2.75, 3.05) is 6.54 Å². The lowest BCUT2D eigenvalue weighted by atomic mass is 10.1. The number of aliphatic carboxylic acids is 1. The van der Waals surface area contributed by atoms with E-state index < -0.39 is 23.7 Å². The van der Waals surface area contributed by atoms with E-state index in [2.05, 4.69) is 0 Å². The van der Waals surface area contributed by atoms with Gasteiger partial charge < -0.3 is 14.8 Å². The second-order valence-electron chi connectivity index (χ2n) is 3.96. The van der Waals surface area contributed by atoms with Crippen LogP contribution in [0.15, 0.2) is 24.3 Å². The first-order chi connectivity index (χ1) is 8.11. The lowest BCUT2D eigenvalue weighted by Crippen LogP contribution is -2.47. The zero-order chi connectivity index (χ0) is 12.4. The van der Waals surface area contributed by atoms with Gasteiger partial charge >= 0.3 is 0 Å². The summed E-state index contributed by atoms with van der Waals surface area (Å²) in [6.45, 7) is 0.325. The largest absolute Gasteiger partial charge is 0.548 e. The molecule has 0 aliphatic carbocycles. The minimum absolute atomic E-state index is 0.0966. The van der Waals surface area contributed by atoms with Crippen LogP contribution in [0, 0.1) is 5.82 Å². The van der Waals surface area contributed by atoms with E-state index in [1.54, 1.807) is 6.07 Å². The summed E-state index contributed by atoms with van der Waals surface area (Å²) in [6.07, 6.45) is 0.960. The van der Waals surface area contributed by atoms with Crippen molar-refractivity contribution in [3.05, 3.63) is 35.6 Å². The summed E-state index contributed by atoms with van der Waals surface area (Å²) in [7, 11) is 0. The molecule has 90 valence electrons. The Morgan fingerprint density at radius 3 is 2.71 bits per heavy atom. The van der Waals surface area contributed by atoms with E-state index in [1.165, 1.54) is 18.2 Å². The van der Waals surface area contributed by atoms with Crippen LogP contribution in [-0.4, -0.2) is 29.4 Å². The van der Waals surface area contributed by atoms with Crippen LogP contribution in [0.3, 0.4) is 0 Å². The van der Waals surface area contributed by atoms with Gasteiger partial charge in [-0.1, -0.05) is 12.1 Å². The molecule has 1 heterocycles. The van der Waals surface area contributed by atoms with Gasteiger partial charge in [0.15, 0.2) is 0 Å². The Balaban J connectivity index is 2.26. The lowest BCUT2D eigenvalue weighted by molar-refractivity contribution is -0.310. The number of carboxylic acids is 1. The van der Waals surface area contributed by atoms with Crippen molar-refractivity contribution in [1.29, 1.82) is 0 Å². The highest BCUT2D eigenvalue weighted by molar-refractivity contribution is 5.96. The molecule has 17 heavy (non-hydrogen) atoms. The van der Waals surface area contributed by atoms with E-state index in [0.717, 1.165) is 4.90 Å². The summed E-state index contributed by atoms with van der Waals surface area (Å²) in [5.74, 6) is -2.51. The smallest absolute Gasteiger partial charge is 0.257 e. The number of hydrogen-bond acceptors (Lipinski definition) is 3. The second-order valence-corrected chi connectivity index (χ2v) is 3.96. The molecule has 1 saturated heterocycles. The molecule has 0 bridgehead atoms. The molecular formula is C12H11FNO3-. The molecule has 0 saturated carbocycles. The summed E-state index contributed by atoms with van der Waals surface area (Å²) in [5.41, 5.74) is -0.0966. The second kappa shape index (κ2) is 4.53. The fourth-order valence-corrected chi connectivity index (χ4v) is 2.04. The fraction of sp³-hybridized carbons (Fsp3) is 0.333. The van der Waals surface area contributed by atoms with Gasteiger partial charge in [-0.05, 0) is 25.0 Å². The van der Waals surface area contributed by atoms with Crippen LogP contribution in [-0.2, 0) is 4.79 Å². The van der Waals surface area contributed by atoms with Crippen molar-refractivity contribution in [2.45, 2.75) is 18.9 Å². The van der Waals surface area contributed by atoms with Crippen LogP contribution in [0.25, 0.3) is 0 Å². The number of carboxylic acid groups (broad SMARTS) is 1. The summed E-state index contributed by atoms with van der Waals surface area (Å²) in [6, 6.07) is 4.61. The number of carbonyl (C=O) groups excluding carboxylic acids is 2. The number of hydrogen-bond donors (Lipinski definition) is 0. The van der Waals surface area contributed by atoms with Gasteiger partial charge in [0.1, 0.15) is 5.82 Å². The predicted molar refractivity (Wildman–Crippen MR) is 55.5 cm³/mol. The van der Waals surface area contributed by atoms with Crippen LogP contribution in [0.1, 0.15) is 23.2 Å². The Morgan fingerprint density at radius 2 is 2.06 bits per heavy atom. The number of benzene rings is 1. The molecule has 1 amide bonds. The van der Waals surface area contributed by atoms with Gasteiger partial charge in [0.2, 0.25) is 0 Å². The maximum absolute atomic E-state index is 13.4. The molecule has 0 unspecified atom stereocenters. The summed E-state index contributed by atoms with van der Waals surface area (Å²) < 4.78 is 13.4. The molecule has 1 aliphatic heterocycles. The van der Waals surface area contributed by atoms with E-state index in [-0.39, 0.29) is 5.56 Å². The SMILES string of the molecule is O=C([O-])[C@@H]1CCCN1C(=O)c1ccccc1F. The van der Waals surface area contributed by atoms with E-state index in [1.807, 2.05) is 0 Å². The molecule has 2 rings (SSSR count).